The van der Waals surface area contributed by atoms with Crippen LogP contribution in [0.5, 0.6) is 5.75 Å². The number of nitrogens with one attached hydrogen (secondary N) is 2. The number of amides is 2. The first-order chi connectivity index (χ1) is 17.1. The Bertz CT molecular complexity index is 1180. The summed E-state index contributed by atoms with van der Waals surface area (Å²) >= 11 is 11.9. The van der Waals surface area contributed by atoms with Crippen molar-refractivity contribution in [2.45, 2.75) is 18.9 Å². The highest BCUT2D eigenvalue weighted by Gasteiger charge is 2.21. The first-order valence-corrected chi connectivity index (χ1v) is 13.6. The normalized spacial score (nSPS) is 15.6. The van der Waals surface area contributed by atoms with E-state index < -0.39 is 22.5 Å². The van der Waals surface area contributed by atoms with E-state index in [0.717, 1.165) is 30.0 Å². The molecule has 0 radical (unpaired) electrons. The summed E-state index contributed by atoms with van der Waals surface area (Å²) in [6.07, 6.45) is 4.37. The molecule has 0 saturated carbocycles. The molecule has 0 bridgehead atoms. The molecule has 36 heavy (non-hydrogen) atoms. The molecule has 0 aliphatic carbocycles. The molecule has 2 aromatic carbocycles. The molecule has 2 N–H and O–H groups in total. The standard InChI is InChI=1S/C23H26Cl2N4O6S/c1-36(32,33)29(19-10-17(24)9-18(25)11-19)14-22(30)28-27-12-16-4-6-20(7-5-16)35-15-23(31)26-13-21-3-2-8-34-21/h4-7,9-12,21H,2-3,8,13-15H2,1H3,(H,26,31)(H,28,30)/b27-12-/t21-/m1/s1. The Morgan fingerprint density at radius 1 is 1.17 bits per heavy atom. The Balaban J connectivity index is 1.47. The molecule has 194 valence electrons. The van der Waals surface area contributed by atoms with Crippen LogP contribution >= 0.6 is 23.2 Å². The fourth-order valence-corrected chi connectivity index (χ4v) is 4.67. The summed E-state index contributed by atoms with van der Waals surface area (Å²) in [4.78, 5) is 24.2. The third-order valence-corrected chi connectivity index (χ3v) is 6.60. The van der Waals surface area contributed by atoms with Gasteiger partial charge in [-0.25, -0.2) is 13.8 Å². The van der Waals surface area contributed by atoms with Crippen molar-refractivity contribution in [2.24, 2.45) is 5.10 Å². The van der Waals surface area contributed by atoms with Crippen LogP contribution in [-0.2, 0) is 24.3 Å². The fourth-order valence-electron chi connectivity index (χ4n) is 3.31. The molecule has 0 unspecified atom stereocenters. The summed E-state index contributed by atoms with van der Waals surface area (Å²) in [5, 5.41) is 7.10. The monoisotopic (exact) mass is 556 g/mol. The number of hydrogen-bond acceptors (Lipinski definition) is 7. The number of ether oxygens (including phenoxy) is 2. The lowest BCUT2D eigenvalue weighted by atomic mass is 10.2. The van der Waals surface area contributed by atoms with Gasteiger partial charge in [0, 0.05) is 23.2 Å². The molecule has 1 fully saturated rings. The number of hydrogen-bond donors (Lipinski definition) is 2. The second-order valence-corrected chi connectivity index (χ2v) is 10.8. The number of carbonyl (C=O) groups excluding carboxylic acids is 2. The Labute approximate surface area is 219 Å². The molecular weight excluding hydrogens is 531 g/mol. The van der Waals surface area contributed by atoms with Crippen molar-refractivity contribution in [3.63, 3.8) is 0 Å². The van der Waals surface area contributed by atoms with E-state index >= 15 is 0 Å². The van der Waals surface area contributed by atoms with Gasteiger partial charge in [-0.15, -0.1) is 0 Å². The molecule has 13 heteroatoms. The van der Waals surface area contributed by atoms with E-state index in [4.69, 9.17) is 32.7 Å². The summed E-state index contributed by atoms with van der Waals surface area (Å²) in [6.45, 7) is 0.561. The number of halogens is 2. The van der Waals surface area contributed by atoms with Crippen LogP contribution in [-0.4, -0.2) is 65.1 Å². The fraction of sp³-hybridized carbons (Fsp3) is 0.348. The lowest BCUT2D eigenvalue weighted by molar-refractivity contribution is -0.123. The molecule has 1 aliphatic rings. The van der Waals surface area contributed by atoms with E-state index in [1.165, 1.54) is 24.4 Å². The van der Waals surface area contributed by atoms with Gasteiger partial charge in [-0.3, -0.25) is 13.9 Å². The molecule has 1 aliphatic heterocycles. The van der Waals surface area contributed by atoms with Crippen LogP contribution in [0.15, 0.2) is 47.6 Å². The SMILES string of the molecule is CS(=O)(=O)N(CC(=O)N/N=C\c1ccc(OCC(=O)NC[C@H]2CCCO2)cc1)c1cc(Cl)cc(Cl)c1. The number of rotatable bonds is 11. The van der Waals surface area contributed by atoms with Gasteiger partial charge >= 0.3 is 0 Å². The first-order valence-electron chi connectivity index (χ1n) is 11.0. The van der Waals surface area contributed by atoms with Crippen LogP contribution < -0.4 is 19.8 Å². The van der Waals surface area contributed by atoms with Crippen LogP contribution in [0.2, 0.25) is 10.0 Å². The molecule has 0 spiro atoms. The van der Waals surface area contributed by atoms with Crippen molar-refractivity contribution in [1.29, 1.82) is 0 Å². The summed E-state index contributed by atoms with van der Waals surface area (Å²) in [5.41, 5.74) is 3.09. The Morgan fingerprint density at radius 3 is 2.47 bits per heavy atom. The average Bonchev–Trinajstić information content (AvgIpc) is 3.33. The molecule has 1 atom stereocenters. The van der Waals surface area contributed by atoms with Gasteiger partial charge in [-0.2, -0.15) is 5.10 Å². The van der Waals surface area contributed by atoms with Gasteiger partial charge in [0.15, 0.2) is 6.61 Å². The molecule has 3 rings (SSSR count). The highest BCUT2D eigenvalue weighted by atomic mass is 35.5. The second kappa shape index (κ2) is 12.9. The molecule has 1 heterocycles. The predicted molar refractivity (Wildman–Crippen MR) is 138 cm³/mol. The lowest BCUT2D eigenvalue weighted by Gasteiger charge is -2.21. The van der Waals surface area contributed by atoms with Crippen LogP contribution in [0.25, 0.3) is 0 Å². The average molecular weight is 557 g/mol. The Morgan fingerprint density at radius 2 is 1.86 bits per heavy atom. The maximum atomic E-state index is 12.3. The van der Waals surface area contributed by atoms with Gasteiger partial charge in [0.05, 0.1) is 24.3 Å². The minimum absolute atomic E-state index is 0.0674. The summed E-state index contributed by atoms with van der Waals surface area (Å²) in [5.74, 6) is -0.406. The molecule has 2 aromatic rings. The van der Waals surface area contributed by atoms with Crippen LogP contribution in [0.3, 0.4) is 0 Å². The number of hydrazone groups is 1. The Kier molecular flexibility index (Phi) is 9.94. The molecule has 2 amide bonds. The largest absolute Gasteiger partial charge is 0.484 e. The van der Waals surface area contributed by atoms with Gasteiger partial charge in [-0.05, 0) is 60.9 Å². The number of anilines is 1. The number of nitrogens with zero attached hydrogens (tertiary/aromatic N) is 2. The number of sulfonamides is 1. The van der Waals surface area contributed by atoms with Gasteiger partial charge in [0.2, 0.25) is 10.0 Å². The zero-order valence-electron chi connectivity index (χ0n) is 19.4. The third-order valence-electron chi connectivity index (χ3n) is 5.03. The predicted octanol–water partition coefficient (Wildman–Crippen LogP) is 2.58. The maximum absolute atomic E-state index is 12.3. The minimum Gasteiger partial charge on any atom is -0.484 e. The summed E-state index contributed by atoms with van der Waals surface area (Å²) in [7, 11) is -3.79. The van der Waals surface area contributed by atoms with Crippen molar-refractivity contribution in [1.82, 2.24) is 10.7 Å². The van der Waals surface area contributed by atoms with E-state index in [0.29, 0.717) is 17.9 Å². The zero-order chi connectivity index (χ0) is 26.1. The van der Waals surface area contributed by atoms with Gasteiger partial charge in [0.25, 0.3) is 11.8 Å². The lowest BCUT2D eigenvalue weighted by Crippen LogP contribution is -2.39. The topological polar surface area (TPSA) is 126 Å². The highest BCUT2D eigenvalue weighted by molar-refractivity contribution is 7.92. The zero-order valence-corrected chi connectivity index (χ0v) is 21.8. The highest BCUT2D eigenvalue weighted by Crippen LogP contribution is 2.26. The van der Waals surface area contributed by atoms with Crippen LogP contribution in [0.4, 0.5) is 5.69 Å². The number of benzene rings is 2. The third kappa shape index (κ3) is 8.98. The van der Waals surface area contributed by atoms with E-state index in [9.17, 15) is 18.0 Å². The van der Waals surface area contributed by atoms with Crippen molar-refractivity contribution in [3.05, 3.63) is 58.1 Å². The quantitative estimate of drug-likeness (QED) is 0.323. The van der Waals surface area contributed by atoms with Gasteiger partial charge in [-0.1, -0.05) is 23.2 Å². The van der Waals surface area contributed by atoms with Gasteiger partial charge in [0.1, 0.15) is 12.3 Å². The van der Waals surface area contributed by atoms with E-state index in [-0.39, 0.29) is 34.4 Å². The van der Waals surface area contributed by atoms with Crippen molar-refractivity contribution < 1.29 is 27.5 Å². The van der Waals surface area contributed by atoms with E-state index in [1.807, 2.05) is 0 Å². The second-order valence-electron chi connectivity index (χ2n) is 7.99. The smallest absolute Gasteiger partial charge is 0.260 e. The van der Waals surface area contributed by atoms with Crippen LogP contribution in [0.1, 0.15) is 18.4 Å². The molecule has 1 saturated heterocycles. The maximum Gasteiger partial charge on any atom is 0.260 e. The molecule has 0 aromatic heterocycles. The van der Waals surface area contributed by atoms with Crippen molar-refractivity contribution in [3.8, 4) is 5.75 Å². The number of carbonyl (C=O) groups is 2. The molecule has 10 nitrogen and oxygen atoms in total. The molecular formula is C23H26Cl2N4O6S. The van der Waals surface area contributed by atoms with Crippen molar-refractivity contribution >= 4 is 56.9 Å². The van der Waals surface area contributed by atoms with Crippen LogP contribution in [0, 0.1) is 0 Å². The minimum atomic E-state index is -3.79. The van der Waals surface area contributed by atoms with E-state index in [2.05, 4.69) is 15.8 Å². The summed E-state index contributed by atoms with van der Waals surface area (Å²) in [6, 6.07) is 10.9. The Hall–Kier alpha value is -2.86. The van der Waals surface area contributed by atoms with Gasteiger partial charge < -0.3 is 14.8 Å². The van der Waals surface area contributed by atoms with Crippen molar-refractivity contribution in [2.75, 3.05) is 36.9 Å². The summed E-state index contributed by atoms with van der Waals surface area (Å²) < 4.78 is 36.2. The van der Waals surface area contributed by atoms with E-state index in [1.54, 1.807) is 24.3 Å². The first kappa shape index (κ1) is 27.7.